The second kappa shape index (κ2) is 29.8. The highest BCUT2D eigenvalue weighted by Gasteiger charge is 2.45. The van der Waals surface area contributed by atoms with Crippen LogP contribution < -0.4 is 37.6 Å². The number of phenolic OH excluding ortho intramolecular Hbond substituents is 1. The molecule has 0 unspecified atom stereocenters. The number of hydrogen-bond donors (Lipinski definition) is 9. The number of carbonyl (C=O) groups is 9. The molecule has 2 heterocycles. The molecule has 0 aliphatic carbocycles. The van der Waals surface area contributed by atoms with Crippen LogP contribution in [-0.2, 0) is 56.0 Å². The first-order valence-corrected chi connectivity index (χ1v) is 27.6. The van der Waals surface area contributed by atoms with Crippen LogP contribution in [0.4, 0.5) is 0 Å². The molecule has 8 amide bonds. The highest BCUT2D eigenvalue weighted by atomic mass is 16.4. The number of rotatable bonds is 28. The molecule has 2 aliphatic heterocycles. The zero-order chi connectivity index (χ0) is 57.3. The van der Waals surface area contributed by atoms with Gasteiger partial charge in [0.2, 0.25) is 47.3 Å². The van der Waals surface area contributed by atoms with Crippen molar-refractivity contribution in [1.29, 1.82) is 0 Å². The summed E-state index contributed by atoms with van der Waals surface area (Å²) in [5.41, 5.74) is 7.45. The molecule has 0 aromatic heterocycles. The van der Waals surface area contributed by atoms with Crippen LogP contribution in [0.1, 0.15) is 132 Å². The van der Waals surface area contributed by atoms with Crippen molar-refractivity contribution in [3.05, 3.63) is 65.7 Å². The molecule has 20 nitrogen and oxygen atoms in total. The van der Waals surface area contributed by atoms with Crippen molar-refractivity contribution in [3.63, 3.8) is 0 Å². The monoisotopic (exact) mass is 1070 g/mol. The molecular formula is C57H87N9O11. The maximum atomic E-state index is 14.7. The lowest BCUT2D eigenvalue weighted by atomic mass is 9.94. The van der Waals surface area contributed by atoms with Crippen LogP contribution in [0, 0.1) is 29.6 Å². The number of likely N-dealkylation sites (tertiary alicyclic amines) is 2. The number of nitrogens with zero attached hydrogens (tertiary/aromatic N) is 2. The SMILES string of the molecule is CC[C@H](C)[C@H](N)C(=O)N[C@H](C(=O)N[C@@H](CC(C)C)C(=O)N[C@H](C(=O)N1CCC[C@H]1C(=O)N1CCC[C@H]1C(=O)N[C@@H](Cc1ccccc1)C(=O)N[C@H](Cc1ccc(O)cc1)C(=O)N[C@@H](CC(C)C)C(=O)O)C(C)C)[C@@H](C)CC. The van der Waals surface area contributed by atoms with Gasteiger partial charge in [-0.2, -0.15) is 0 Å². The van der Waals surface area contributed by atoms with Gasteiger partial charge in [-0.1, -0.05) is 125 Å². The fourth-order valence-electron chi connectivity index (χ4n) is 9.80. The van der Waals surface area contributed by atoms with E-state index in [0.717, 1.165) is 0 Å². The molecule has 10 N–H and O–H groups in total. The number of aromatic hydroxyl groups is 1. The zero-order valence-corrected chi connectivity index (χ0v) is 46.8. The fourth-order valence-corrected chi connectivity index (χ4v) is 9.80. The highest BCUT2D eigenvalue weighted by molar-refractivity contribution is 5.98. The third-order valence-corrected chi connectivity index (χ3v) is 14.8. The summed E-state index contributed by atoms with van der Waals surface area (Å²) >= 11 is 0. The summed E-state index contributed by atoms with van der Waals surface area (Å²) in [5.74, 6) is -6.95. The average Bonchev–Trinajstić information content (AvgIpc) is 4.10. The van der Waals surface area contributed by atoms with Gasteiger partial charge < -0.3 is 57.6 Å². The minimum absolute atomic E-state index is 0.00521. The summed E-state index contributed by atoms with van der Waals surface area (Å²) in [6.45, 7) is 18.9. The summed E-state index contributed by atoms with van der Waals surface area (Å²) in [7, 11) is 0. The number of carbonyl (C=O) groups excluding carboxylic acids is 8. The first-order chi connectivity index (χ1) is 36.4. The van der Waals surface area contributed by atoms with Crippen molar-refractivity contribution in [1.82, 2.24) is 41.7 Å². The van der Waals surface area contributed by atoms with Crippen LogP contribution in [0.2, 0.25) is 0 Å². The Morgan fingerprint density at radius 1 is 0.558 bits per heavy atom. The molecule has 2 fully saturated rings. The molecule has 426 valence electrons. The van der Waals surface area contributed by atoms with Crippen molar-refractivity contribution >= 4 is 53.2 Å². The largest absolute Gasteiger partial charge is 0.508 e. The maximum Gasteiger partial charge on any atom is 0.326 e. The minimum Gasteiger partial charge on any atom is -0.508 e. The Balaban J connectivity index is 1.55. The standard InChI is InChI=1S/C57H87N9O11/c1-11-35(9)46(58)53(72)64-48(36(10)12-2)54(73)61-40(28-32(3)4)51(70)63-47(34(7)8)56(75)66-27-17-21-45(66)55(74)65-26-16-20-44(65)52(71)60-42(30-37-18-14-13-15-19-37)49(68)59-41(31-38-22-24-39(67)25-23-38)50(69)62-43(57(76)77)29-33(5)6/h13-15,18-19,22-25,32-36,40-48,67H,11-12,16-17,20-21,26-31,58H2,1-10H3,(H,59,68)(H,60,71)(H,61,73)(H,62,69)(H,63,70)(H,64,72)(H,76,77)/t35-,36-,40-,41+,42-,43-,44-,45-,46-,47-,48-/m0/s1. The third-order valence-electron chi connectivity index (χ3n) is 14.8. The molecule has 2 saturated heterocycles. The van der Waals surface area contributed by atoms with Gasteiger partial charge in [0.25, 0.3) is 0 Å². The van der Waals surface area contributed by atoms with Gasteiger partial charge in [0.05, 0.1) is 6.04 Å². The van der Waals surface area contributed by atoms with Crippen molar-refractivity contribution in [2.75, 3.05) is 13.1 Å². The Bertz CT molecular complexity index is 2330. The van der Waals surface area contributed by atoms with Crippen LogP contribution in [-0.4, -0.2) is 141 Å². The number of phenols is 1. The van der Waals surface area contributed by atoms with Crippen LogP contribution in [0.15, 0.2) is 54.6 Å². The summed E-state index contributed by atoms with van der Waals surface area (Å²) in [6, 6.07) is 5.12. The molecule has 11 atom stereocenters. The molecule has 77 heavy (non-hydrogen) atoms. The smallest absolute Gasteiger partial charge is 0.326 e. The lowest BCUT2D eigenvalue weighted by Gasteiger charge is -2.35. The Labute approximate surface area is 454 Å². The number of carboxylic acid groups (broad SMARTS) is 1. The lowest BCUT2D eigenvalue weighted by Crippen LogP contribution is -2.61. The maximum absolute atomic E-state index is 14.7. The van der Waals surface area contributed by atoms with E-state index >= 15 is 0 Å². The van der Waals surface area contributed by atoms with Crippen molar-refractivity contribution in [2.24, 2.45) is 35.3 Å². The molecule has 2 aromatic rings. The van der Waals surface area contributed by atoms with Crippen molar-refractivity contribution in [3.8, 4) is 5.75 Å². The van der Waals surface area contributed by atoms with Crippen LogP contribution in [0.5, 0.6) is 5.75 Å². The van der Waals surface area contributed by atoms with E-state index in [-0.39, 0.29) is 74.6 Å². The zero-order valence-electron chi connectivity index (χ0n) is 46.8. The van der Waals surface area contributed by atoms with Crippen LogP contribution >= 0.6 is 0 Å². The van der Waals surface area contributed by atoms with Gasteiger partial charge in [0.1, 0.15) is 54.1 Å². The van der Waals surface area contributed by atoms with E-state index in [1.807, 2.05) is 55.4 Å². The number of carboxylic acids is 1. The summed E-state index contributed by atoms with van der Waals surface area (Å²) < 4.78 is 0. The Hall–Kier alpha value is -6.57. The van der Waals surface area contributed by atoms with Gasteiger partial charge in [0.15, 0.2) is 0 Å². The van der Waals surface area contributed by atoms with Gasteiger partial charge >= 0.3 is 5.97 Å². The van der Waals surface area contributed by atoms with Gasteiger partial charge in [-0.15, -0.1) is 0 Å². The average molecular weight is 1070 g/mol. The number of benzene rings is 2. The van der Waals surface area contributed by atoms with Crippen LogP contribution in [0.25, 0.3) is 0 Å². The van der Waals surface area contributed by atoms with E-state index in [1.54, 1.807) is 56.3 Å². The lowest BCUT2D eigenvalue weighted by molar-refractivity contribution is -0.148. The highest BCUT2D eigenvalue weighted by Crippen LogP contribution is 2.27. The number of aliphatic carboxylic acids is 1. The van der Waals surface area contributed by atoms with Gasteiger partial charge in [-0.3, -0.25) is 38.4 Å². The topological polar surface area (TPSA) is 299 Å². The quantitative estimate of drug-likeness (QED) is 0.0593. The molecule has 0 bridgehead atoms. The van der Waals surface area contributed by atoms with Gasteiger partial charge in [0, 0.05) is 25.9 Å². The summed E-state index contributed by atoms with van der Waals surface area (Å²) in [5, 5.41) is 36.6. The first-order valence-electron chi connectivity index (χ1n) is 27.6. The second-order valence-corrected chi connectivity index (χ2v) is 22.3. The van der Waals surface area contributed by atoms with Crippen LogP contribution in [0.3, 0.4) is 0 Å². The number of nitrogens with two attached hydrogens (primary N) is 1. The third kappa shape index (κ3) is 18.3. The molecule has 0 radical (unpaired) electrons. The molecular weight excluding hydrogens is 987 g/mol. The summed E-state index contributed by atoms with van der Waals surface area (Å²) in [4.78, 5) is 129. The number of nitrogens with one attached hydrogen (secondary N) is 6. The van der Waals surface area contributed by atoms with E-state index in [1.165, 1.54) is 21.9 Å². The summed E-state index contributed by atoms with van der Waals surface area (Å²) in [6.07, 6.45) is 2.97. The van der Waals surface area contributed by atoms with E-state index in [0.29, 0.717) is 43.2 Å². The molecule has 2 aliphatic rings. The first kappa shape index (κ1) is 63.0. The Kier molecular flexibility index (Phi) is 24.4. The predicted molar refractivity (Wildman–Crippen MR) is 291 cm³/mol. The van der Waals surface area contributed by atoms with E-state index in [4.69, 9.17) is 5.73 Å². The molecule has 4 rings (SSSR count). The van der Waals surface area contributed by atoms with E-state index in [9.17, 15) is 53.4 Å². The number of amides is 8. The van der Waals surface area contributed by atoms with Gasteiger partial charge in [-0.05, 0) is 91.4 Å². The number of hydrogen-bond acceptors (Lipinski definition) is 11. The van der Waals surface area contributed by atoms with Gasteiger partial charge in [-0.25, -0.2) is 4.79 Å². The van der Waals surface area contributed by atoms with E-state index < -0.39 is 114 Å². The normalized spacial score (nSPS) is 19.0. The minimum atomic E-state index is -1.30. The Morgan fingerprint density at radius 3 is 1.58 bits per heavy atom. The molecule has 0 spiro atoms. The van der Waals surface area contributed by atoms with Crippen molar-refractivity contribution in [2.45, 2.75) is 188 Å². The van der Waals surface area contributed by atoms with Crippen molar-refractivity contribution < 1.29 is 53.4 Å². The molecule has 0 saturated carbocycles. The Morgan fingerprint density at radius 2 is 1.04 bits per heavy atom. The molecule has 2 aromatic carbocycles. The second-order valence-electron chi connectivity index (χ2n) is 22.3. The predicted octanol–water partition coefficient (Wildman–Crippen LogP) is 3.32. The van der Waals surface area contributed by atoms with E-state index in [2.05, 4.69) is 31.9 Å². The molecule has 20 heteroatoms. The fraction of sp³-hybridized carbons (Fsp3) is 0.632.